The fourth-order valence-electron chi connectivity index (χ4n) is 4.74. The van der Waals surface area contributed by atoms with Crippen LogP contribution in [0.1, 0.15) is 40.3 Å². The number of rotatable bonds is 4. The van der Waals surface area contributed by atoms with Gasteiger partial charge < -0.3 is 19.9 Å². The third-order valence-electron chi connectivity index (χ3n) is 6.28. The average Bonchev–Trinajstić information content (AvgIpc) is 3.32. The summed E-state index contributed by atoms with van der Waals surface area (Å²) in [5.74, 6) is 0.999. The van der Waals surface area contributed by atoms with Gasteiger partial charge in [-0.05, 0) is 86.6 Å². The lowest BCUT2D eigenvalue weighted by atomic mass is 9.96. The predicted octanol–water partition coefficient (Wildman–Crippen LogP) is 5.73. The van der Waals surface area contributed by atoms with Crippen molar-refractivity contribution in [3.05, 3.63) is 100 Å². The number of pyridine rings is 2. The number of phenolic OH excluding ortho intramolecular Hbond substituents is 1. The summed E-state index contributed by atoms with van der Waals surface area (Å²) >= 11 is 12.1. The van der Waals surface area contributed by atoms with E-state index in [2.05, 4.69) is 52.8 Å². The van der Waals surface area contributed by atoms with Crippen molar-refractivity contribution in [3.63, 3.8) is 0 Å². The Kier molecular flexibility index (Phi) is 5.75. The summed E-state index contributed by atoms with van der Waals surface area (Å²) in [6.07, 6.45) is 3.58. The number of benzene rings is 1. The zero-order valence-corrected chi connectivity index (χ0v) is 20.6. The van der Waals surface area contributed by atoms with E-state index in [9.17, 15) is 5.11 Å². The second-order valence-corrected chi connectivity index (χ2v) is 9.26. The second kappa shape index (κ2) is 8.74. The van der Waals surface area contributed by atoms with Crippen LogP contribution in [0.15, 0.2) is 67.0 Å². The van der Waals surface area contributed by atoms with Gasteiger partial charge in [0.25, 0.3) is 0 Å². The number of nitrogens with zero attached hydrogens (tertiary/aromatic N) is 4. The van der Waals surface area contributed by atoms with Crippen molar-refractivity contribution in [2.45, 2.75) is 32.9 Å². The van der Waals surface area contributed by atoms with Crippen LogP contribution in [0, 0.1) is 20.8 Å². The number of aromatic nitrogens is 3. The summed E-state index contributed by atoms with van der Waals surface area (Å²) in [5.41, 5.74) is 5.65. The normalized spacial score (nSPS) is 17.8. The Labute approximate surface area is 208 Å². The smallest absolute Gasteiger partial charge is 0.174 e. The van der Waals surface area contributed by atoms with Gasteiger partial charge in [0.1, 0.15) is 11.6 Å². The Morgan fingerprint density at radius 2 is 1.79 bits per heavy atom. The molecule has 1 saturated heterocycles. The van der Waals surface area contributed by atoms with Gasteiger partial charge >= 0.3 is 0 Å². The summed E-state index contributed by atoms with van der Waals surface area (Å²) in [6, 6.07) is 16.5. The molecule has 0 aliphatic carbocycles. The van der Waals surface area contributed by atoms with Crippen LogP contribution in [0.4, 0.5) is 5.69 Å². The molecule has 2 atom stereocenters. The highest BCUT2D eigenvalue weighted by Gasteiger charge is 2.43. The standard InChI is InChI=1S/C26H24ClN5OS/c1-15-7-6-12-29-25(15)31-16(2)13-19(17(31)3)24-23(20-8-4-5-11-28-20)30-26(34)32(24)21-14-18(27)9-10-22(21)33/h4-14,23-24,33H,1-3H3,(H,30,34)/t23-,24-/m1/s1. The van der Waals surface area contributed by atoms with Gasteiger partial charge in [0.2, 0.25) is 0 Å². The van der Waals surface area contributed by atoms with E-state index < -0.39 is 0 Å². The lowest BCUT2D eigenvalue weighted by Gasteiger charge is -2.28. The van der Waals surface area contributed by atoms with E-state index in [1.807, 2.05) is 29.2 Å². The molecule has 172 valence electrons. The molecule has 1 fully saturated rings. The fraction of sp³-hybridized carbons (Fsp3) is 0.192. The molecule has 6 nitrogen and oxygen atoms in total. The largest absolute Gasteiger partial charge is 0.506 e. The number of phenols is 1. The van der Waals surface area contributed by atoms with Crippen molar-refractivity contribution in [1.29, 1.82) is 0 Å². The molecular weight excluding hydrogens is 466 g/mol. The van der Waals surface area contributed by atoms with Crippen molar-refractivity contribution in [1.82, 2.24) is 19.9 Å². The minimum atomic E-state index is -0.268. The third-order valence-corrected chi connectivity index (χ3v) is 6.83. The first kappa shape index (κ1) is 22.4. The van der Waals surface area contributed by atoms with E-state index in [1.54, 1.807) is 30.6 Å². The Balaban J connectivity index is 1.72. The van der Waals surface area contributed by atoms with E-state index in [0.717, 1.165) is 34.0 Å². The third kappa shape index (κ3) is 3.71. The van der Waals surface area contributed by atoms with Gasteiger partial charge in [-0.25, -0.2) is 4.98 Å². The number of hydrogen-bond donors (Lipinski definition) is 2. The van der Waals surface area contributed by atoms with E-state index in [0.29, 0.717) is 15.8 Å². The fourth-order valence-corrected chi connectivity index (χ4v) is 5.25. The minimum Gasteiger partial charge on any atom is -0.506 e. The van der Waals surface area contributed by atoms with Crippen molar-refractivity contribution in [2.75, 3.05) is 4.90 Å². The second-order valence-electron chi connectivity index (χ2n) is 8.44. The molecule has 0 unspecified atom stereocenters. The summed E-state index contributed by atoms with van der Waals surface area (Å²) < 4.78 is 2.16. The molecule has 1 aliphatic rings. The zero-order chi connectivity index (χ0) is 24.0. The van der Waals surface area contributed by atoms with Crippen LogP contribution in [-0.2, 0) is 0 Å². The number of aromatic hydroxyl groups is 1. The molecule has 0 amide bonds. The molecule has 0 saturated carbocycles. The van der Waals surface area contributed by atoms with E-state index in [4.69, 9.17) is 23.8 Å². The molecule has 0 spiro atoms. The van der Waals surface area contributed by atoms with Crippen LogP contribution < -0.4 is 10.2 Å². The van der Waals surface area contributed by atoms with Crippen molar-refractivity contribution in [2.24, 2.45) is 0 Å². The Morgan fingerprint density at radius 3 is 2.53 bits per heavy atom. The quantitative estimate of drug-likeness (QED) is 0.357. The van der Waals surface area contributed by atoms with Crippen molar-refractivity contribution >= 4 is 34.6 Å². The van der Waals surface area contributed by atoms with Gasteiger partial charge in [0.05, 0.1) is 23.5 Å². The Morgan fingerprint density at radius 1 is 1.00 bits per heavy atom. The van der Waals surface area contributed by atoms with Crippen LogP contribution in [0.5, 0.6) is 5.75 Å². The van der Waals surface area contributed by atoms with Crippen LogP contribution >= 0.6 is 23.8 Å². The maximum absolute atomic E-state index is 10.8. The van der Waals surface area contributed by atoms with E-state index in [1.165, 1.54) is 0 Å². The highest BCUT2D eigenvalue weighted by atomic mass is 35.5. The molecule has 1 aromatic carbocycles. The Hall–Kier alpha value is -3.42. The monoisotopic (exact) mass is 489 g/mol. The number of hydrogen-bond acceptors (Lipinski definition) is 4. The highest BCUT2D eigenvalue weighted by Crippen LogP contribution is 2.46. The summed E-state index contributed by atoms with van der Waals surface area (Å²) in [6.45, 7) is 6.21. The van der Waals surface area contributed by atoms with Crippen LogP contribution in [0.25, 0.3) is 5.82 Å². The van der Waals surface area contributed by atoms with Gasteiger partial charge in [-0.1, -0.05) is 23.7 Å². The Bertz CT molecular complexity index is 1390. The summed E-state index contributed by atoms with van der Waals surface area (Å²) in [4.78, 5) is 11.2. The van der Waals surface area contributed by atoms with Gasteiger partial charge in [-0.3, -0.25) is 4.98 Å². The van der Waals surface area contributed by atoms with Crippen LogP contribution in [0.3, 0.4) is 0 Å². The zero-order valence-electron chi connectivity index (χ0n) is 19.0. The van der Waals surface area contributed by atoms with Gasteiger partial charge in [-0.15, -0.1) is 0 Å². The average molecular weight is 490 g/mol. The molecule has 5 rings (SSSR count). The summed E-state index contributed by atoms with van der Waals surface area (Å²) in [5, 5.41) is 15.2. The first-order valence-corrected chi connectivity index (χ1v) is 11.8. The van der Waals surface area contributed by atoms with E-state index in [-0.39, 0.29) is 17.8 Å². The topological polar surface area (TPSA) is 66.2 Å². The molecule has 4 aromatic rings. The van der Waals surface area contributed by atoms with Gasteiger partial charge in [0.15, 0.2) is 5.11 Å². The first-order chi connectivity index (χ1) is 16.4. The maximum atomic E-state index is 10.8. The molecule has 34 heavy (non-hydrogen) atoms. The molecule has 8 heteroatoms. The van der Waals surface area contributed by atoms with Crippen LogP contribution in [-0.4, -0.2) is 24.8 Å². The summed E-state index contributed by atoms with van der Waals surface area (Å²) in [7, 11) is 0. The first-order valence-electron chi connectivity index (χ1n) is 11.0. The lowest BCUT2D eigenvalue weighted by Crippen LogP contribution is -2.29. The SMILES string of the molecule is Cc1cccnc1-n1c(C)cc([C@@H]2[C@@H](c3ccccn3)NC(=S)N2c2cc(Cl)ccc2O)c1C. The van der Waals surface area contributed by atoms with Gasteiger partial charge in [-0.2, -0.15) is 0 Å². The number of thiocarbonyl (C=S) groups is 1. The molecule has 4 heterocycles. The molecular formula is C26H24ClN5OS. The van der Waals surface area contributed by atoms with E-state index >= 15 is 0 Å². The number of aryl methyl sites for hydroxylation is 2. The number of halogens is 1. The van der Waals surface area contributed by atoms with Gasteiger partial charge in [0, 0.05) is 28.8 Å². The van der Waals surface area contributed by atoms with Crippen LogP contribution in [0.2, 0.25) is 5.02 Å². The maximum Gasteiger partial charge on any atom is 0.174 e. The molecule has 2 N–H and O–H groups in total. The number of nitrogens with one attached hydrogen (secondary N) is 1. The predicted molar refractivity (Wildman–Crippen MR) is 139 cm³/mol. The van der Waals surface area contributed by atoms with Crippen molar-refractivity contribution in [3.8, 4) is 11.6 Å². The molecule has 0 bridgehead atoms. The molecule has 0 radical (unpaired) electrons. The lowest BCUT2D eigenvalue weighted by molar-refractivity contribution is 0.472. The van der Waals surface area contributed by atoms with Crippen molar-refractivity contribution < 1.29 is 5.11 Å². The highest BCUT2D eigenvalue weighted by molar-refractivity contribution is 7.80. The number of anilines is 1. The minimum absolute atomic E-state index is 0.106. The molecule has 3 aromatic heterocycles. The molecule has 1 aliphatic heterocycles.